The summed E-state index contributed by atoms with van der Waals surface area (Å²) in [5.74, 6) is -0.113. The lowest BCUT2D eigenvalue weighted by molar-refractivity contribution is 0.0951. The molecule has 4 heteroatoms. The molecular weight excluding hydrogens is 228 g/mol. The molecule has 1 aromatic carbocycles. The third-order valence-corrected chi connectivity index (χ3v) is 2.63. The van der Waals surface area contributed by atoms with Crippen LogP contribution in [-0.4, -0.2) is 28.7 Å². The van der Waals surface area contributed by atoms with Gasteiger partial charge in [-0.2, -0.15) is 0 Å². The number of aromatic nitrogens is 1. The fraction of sp³-hybridized carbons (Fsp3) is 0.214. The minimum absolute atomic E-state index is 0.0870. The Morgan fingerprint density at radius 3 is 2.72 bits per heavy atom. The van der Waals surface area contributed by atoms with Gasteiger partial charge in [-0.1, -0.05) is 6.07 Å². The van der Waals surface area contributed by atoms with Gasteiger partial charge in [-0.3, -0.25) is 4.79 Å². The van der Waals surface area contributed by atoms with E-state index in [-0.39, 0.29) is 12.5 Å². The summed E-state index contributed by atoms with van der Waals surface area (Å²) in [6, 6.07) is 11.3. The Morgan fingerprint density at radius 2 is 2.00 bits per heavy atom. The van der Waals surface area contributed by atoms with Gasteiger partial charge in [-0.15, -0.1) is 0 Å². The minimum atomic E-state index is -0.113. The largest absolute Gasteiger partial charge is 0.396 e. The van der Waals surface area contributed by atoms with Gasteiger partial charge < -0.3 is 15.0 Å². The SMILES string of the molecule is O=C(NCCCO)c1cccc(-n2cccc2)c1. The van der Waals surface area contributed by atoms with Crippen LogP contribution in [-0.2, 0) is 0 Å². The van der Waals surface area contributed by atoms with Crippen molar-refractivity contribution in [2.75, 3.05) is 13.2 Å². The first kappa shape index (κ1) is 12.4. The van der Waals surface area contributed by atoms with E-state index >= 15 is 0 Å². The predicted octanol–water partition coefficient (Wildman–Crippen LogP) is 1.59. The molecule has 18 heavy (non-hydrogen) atoms. The zero-order valence-corrected chi connectivity index (χ0v) is 10.0. The fourth-order valence-corrected chi connectivity index (χ4v) is 1.70. The molecule has 2 N–H and O–H groups in total. The van der Waals surface area contributed by atoms with Crippen LogP contribution in [0.3, 0.4) is 0 Å². The van der Waals surface area contributed by atoms with E-state index in [0.717, 1.165) is 5.69 Å². The number of carbonyl (C=O) groups is 1. The van der Waals surface area contributed by atoms with E-state index < -0.39 is 0 Å². The monoisotopic (exact) mass is 244 g/mol. The van der Waals surface area contributed by atoms with Gasteiger partial charge in [0, 0.05) is 36.8 Å². The van der Waals surface area contributed by atoms with Crippen molar-refractivity contribution in [3.8, 4) is 5.69 Å². The van der Waals surface area contributed by atoms with E-state index in [4.69, 9.17) is 5.11 Å². The maximum absolute atomic E-state index is 11.8. The third-order valence-electron chi connectivity index (χ3n) is 2.63. The van der Waals surface area contributed by atoms with Crippen LogP contribution in [0.5, 0.6) is 0 Å². The molecule has 0 aliphatic heterocycles. The number of nitrogens with zero attached hydrogens (tertiary/aromatic N) is 1. The summed E-state index contributed by atoms with van der Waals surface area (Å²) in [4.78, 5) is 11.8. The Kier molecular flexibility index (Phi) is 4.15. The second-order valence-electron chi connectivity index (χ2n) is 3.97. The topological polar surface area (TPSA) is 54.3 Å². The van der Waals surface area contributed by atoms with Gasteiger partial charge in [0.05, 0.1) is 0 Å². The van der Waals surface area contributed by atoms with Gasteiger partial charge in [0.2, 0.25) is 0 Å². The molecule has 0 bridgehead atoms. The van der Waals surface area contributed by atoms with E-state index in [9.17, 15) is 4.79 Å². The zero-order chi connectivity index (χ0) is 12.8. The molecule has 0 fully saturated rings. The van der Waals surface area contributed by atoms with E-state index in [2.05, 4.69) is 5.32 Å². The van der Waals surface area contributed by atoms with Crippen LogP contribution in [0, 0.1) is 0 Å². The second-order valence-corrected chi connectivity index (χ2v) is 3.97. The number of amides is 1. The third kappa shape index (κ3) is 2.99. The summed E-state index contributed by atoms with van der Waals surface area (Å²) >= 11 is 0. The lowest BCUT2D eigenvalue weighted by atomic mass is 10.2. The highest BCUT2D eigenvalue weighted by molar-refractivity contribution is 5.94. The normalized spacial score (nSPS) is 10.3. The molecule has 0 radical (unpaired) electrons. The highest BCUT2D eigenvalue weighted by Crippen LogP contribution is 2.10. The van der Waals surface area contributed by atoms with E-state index in [1.807, 2.05) is 47.3 Å². The summed E-state index contributed by atoms with van der Waals surface area (Å²) in [7, 11) is 0. The zero-order valence-electron chi connectivity index (χ0n) is 10.0. The summed E-state index contributed by atoms with van der Waals surface area (Å²) in [6.45, 7) is 0.576. The molecule has 2 rings (SSSR count). The summed E-state index contributed by atoms with van der Waals surface area (Å²) in [5.41, 5.74) is 1.58. The maximum atomic E-state index is 11.8. The Labute approximate surface area is 106 Å². The van der Waals surface area contributed by atoms with Crippen molar-refractivity contribution >= 4 is 5.91 Å². The van der Waals surface area contributed by atoms with Crippen LogP contribution >= 0.6 is 0 Å². The minimum Gasteiger partial charge on any atom is -0.396 e. The molecule has 0 aliphatic carbocycles. The lowest BCUT2D eigenvalue weighted by Crippen LogP contribution is -2.25. The van der Waals surface area contributed by atoms with Crippen LogP contribution in [0.1, 0.15) is 16.8 Å². The quantitative estimate of drug-likeness (QED) is 0.785. The molecule has 94 valence electrons. The first-order valence-electron chi connectivity index (χ1n) is 5.94. The first-order chi connectivity index (χ1) is 8.81. The molecule has 0 saturated carbocycles. The van der Waals surface area contributed by atoms with Gasteiger partial charge in [-0.25, -0.2) is 0 Å². The van der Waals surface area contributed by atoms with E-state index in [0.29, 0.717) is 18.5 Å². The van der Waals surface area contributed by atoms with Gasteiger partial charge in [-0.05, 0) is 36.8 Å². The molecule has 0 aliphatic rings. The van der Waals surface area contributed by atoms with Crippen molar-refractivity contribution in [2.45, 2.75) is 6.42 Å². The fourth-order valence-electron chi connectivity index (χ4n) is 1.70. The Morgan fingerprint density at radius 1 is 1.22 bits per heavy atom. The van der Waals surface area contributed by atoms with Gasteiger partial charge in [0.15, 0.2) is 0 Å². The Hall–Kier alpha value is -2.07. The number of carbonyl (C=O) groups excluding carboxylic acids is 1. The van der Waals surface area contributed by atoms with Crippen molar-refractivity contribution in [1.82, 2.24) is 9.88 Å². The summed E-state index contributed by atoms with van der Waals surface area (Å²) < 4.78 is 1.95. The average Bonchev–Trinajstić information content (AvgIpc) is 2.93. The number of benzene rings is 1. The van der Waals surface area contributed by atoms with Crippen LogP contribution in [0.4, 0.5) is 0 Å². The van der Waals surface area contributed by atoms with Gasteiger partial charge >= 0.3 is 0 Å². The molecule has 4 nitrogen and oxygen atoms in total. The van der Waals surface area contributed by atoms with Gasteiger partial charge in [0.25, 0.3) is 5.91 Å². The van der Waals surface area contributed by atoms with E-state index in [1.54, 1.807) is 6.07 Å². The molecule has 2 aromatic rings. The molecule has 1 amide bonds. The Bertz CT molecular complexity index is 506. The highest BCUT2D eigenvalue weighted by Gasteiger charge is 2.05. The van der Waals surface area contributed by atoms with Crippen molar-refractivity contribution in [3.63, 3.8) is 0 Å². The maximum Gasteiger partial charge on any atom is 0.251 e. The number of aliphatic hydroxyl groups is 1. The Balaban J connectivity index is 2.10. The van der Waals surface area contributed by atoms with Crippen LogP contribution in [0.2, 0.25) is 0 Å². The number of nitrogens with one attached hydrogen (secondary N) is 1. The average molecular weight is 244 g/mol. The number of hydrogen-bond donors (Lipinski definition) is 2. The van der Waals surface area contributed by atoms with Crippen molar-refractivity contribution < 1.29 is 9.90 Å². The summed E-state index contributed by atoms with van der Waals surface area (Å²) in [6.07, 6.45) is 4.44. The molecule has 1 heterocycles. The second kappa shape index (κ2) is 6.02. The first-order valence-corrected chi connectivity index (χ1v) is 5.94. The highest BCUT2D eigenvalue weighted by atomic mass is 16.3. The van der Waals surface area contributed by atoms with Gasteiger partial charge in [0.1, 0.15) is 0 Å². The van der Waals surface area contributed by atoms with Crippen molar-refractivity contribution in [1.29, 1.82) is 0 Å². The molecular formula is C14H16N2O2. The van der Waals surface area contributed by atoms with Crippen LogP contribution in [0.25, 0.3) is 5.69 Å². The van der Waals surface area contributed by atoms with Crippen LogP contribution in [0.15, 0.2) is 48.8 Å². The molecule has 0 atom stereocenters. The molecule has 0 spiro atoms. The van der Waals surface area contributed by atoms with Crippen molar-refractivity contribution in [3.05, 3.63) is 54.4 Å². The van der Waals surface area contributed by atoms with E-state index in [1.165, 1.54) is 0 Å². The molecule has 0 saturated heterocycles. The van der Waals surface area contributed by atoms with Crippen molar-refractivity contribution in [2.24, 2.45) is 0 Å². The molecule has 1 aromatic heterocycles. The smallest absolute Gasteiger partial charge is 0.251 e. The number of rotatable bonds is 5. The van der Waals surface area contributed by atoms with Crippen LogP contribution < -0.4 is 5.32 Å². The summed E-state index contributed by atoms with van der Waals surface area (Å²) in [5, 5.41) is 11.4. The molecule has 0 unspecified atom stereocenters. The lowest BCUT2D eigenvalue weighted by Gasteiger charge is -2.07. The number of hydrogen-bond acceptors (Lipinski definition) is 2. The standard InChI is InChI=1S/C14H16N2O2/c17-10-4-7-15-14(18)12-5-3-6-13(11-12)16-8-1-2-9-16/h1-3,5-6,8-9,11,17H,4,7,10H2,(H,15,18). The number of aliphatic hydroxyl groups excluding tert-OH is 1. The predicted molar refractivity (Wildman–Crippen MR) is 69.8 cm³/mol.